The third-order valence-electron chi connectivity index (χ3n) is 2.48. The standard InChI is InChI=1S/C14H16N2O3/c1-14(2,3)19-12(17)8-11-13(18)9-6-4-5-7-10(9)15-16-11/h4-7H,8H2,1-3H3,(H,15,18). The number of para-hydroxylation sites is 1. The van der Waals surface area contributed by atoms with Crippen LogP contribution in [-0.2, 0) is 16.0 Å². The van der Waals surface area contributed by atoms with E-state index in [4.69, 9.17) is 4.74 Å². The molecule has 0 fully saturated rings. The van der Waals surface area contributed by atoms with Gasteiger partial charge >= 0.3 is 5.97 Å². The van der Waals surface area contributed by atoms with E-state index in [1.165, 1.54) is 0 Å². The van der Waals surface area contributed by atoms with Crippen LogP contribution < -0.4 is 5.43 Å². The van der Waals surface area contributed by atoms with E-state index < -0.39 is 11.6 Å². The Hall–Kier alpha value is -2.17. The average Bonchev–Trinajstić information content (AvgIpc) is 2.31. The minimum Gasteiger partial charge on any atom is -0.460 e. The second kappa shape index (κ2) is 4.84. The van der Waals surface area contributed by atoms with E-state index in [0.717, 1.165) is 0 Å². The number of ether oxygens (including phenoxy) is 1. The maximum atomic E-state index is 12.1. The van der Waals surface area contributed by atoms with Gasteiger partial charge in [-0.25, -0.2) is 0 Å². The molecule has 0 bridgehead atoms. The number of fused-ring (bicyclic) bond motifs is 1. The Balaban J connectivity index is 2.29. The van der Waals surface area contributed by atoms with Crippen LogP contribution in [0.15, 0.2) is 29.1 Å². The molecule has 1 heterocycles. The molecule has 19 heavy (non-hydrogen) atoms. The second-order valence-electron chi connectivity index (χ2n) is 5.31. The molecule has 0 spiro atoms. The van der Waals surface area contributed by atoms with E-state index in [1.54, 1.807) is 39.0 Å². The Morgan fingerprint density at radius 2 is 2.00 bits per heavy atom. The summed E-state index contributed by atoms with van der Waals surface area (Å²) in [5.74, 6) is -0.458. The van der Waals surface area contributed by atoms with Crippen LogP contribution in [0.3, 0.4) is 0 Å². The highest BCUT2D eigenvalue weighted by molar-refractivity contribution is 5.79. The van der Waals surface area contributed by atoms with Crippen molar-refractivity contribution in [2.45, 2.75) is 32.8 Å². The molecule has 2 rings (SSSR count). The quantitative estimate of drug-likeness (QED) is 0.836. The molecule has 1 aromatic heterocycles. The molecule has 0 unspecified atom stereocenters. The number of rotatable bonds is 2. The Kier molecular flexibility index (Phi) is 3.38. The van der Waals surface area contributed by atoms with Gasteiger partial charge in [-0.3, -0.25) is 14.7 Å². The number of H-pyrrole nitrogens is 1. The van der Waals surface area contributed by atoms with Gasteiger partial charge in [-0.05, 0) is 32.9 Å². The maximum Gasteiger partial charge on any atom is 0.312 e. The molecule has 0 aliphatic rings. The zero-order chi connectivity index (χ0) is 14.0. The Morgan fingerprint density at radius 3 is 2.68 bits per heavy atom. The van der Waals surface area contributed by atoms with Gasteiger partial charge in [-0.1, -0.05) is 12.1 Å². The van der Waals surface area contributed by atoms with E-state index in [-0.39, 0.29) is 17.5 Å². The highest BCUT2D eigenvalue weighted by Crippen LogP contribution is 2.09. The summed E-state index contributed by atoms with van der Waals surface area (Å²) in [5.41, 5.74) is 0.0225. The molecule has 1 N–H and O–H groups in total. The first-order valence-electron chi connectivity index (χ1n) is 6.05. The summed E-state index contributed by atoms with van der Waals surface area (Å²) >= 11 is 0. The predicted molar refractivity (Wildman–Crippen MR) is 71.9 cm³/mol. The summed E-state index contributed by atoms with van der Waals surface area (Å²) in [5, 5.41) is 7.23. The number of carbonyl (C=O) groups is 1. The number of hydrogen-bond acceptors (Lipinski definition) is 4. The summed E-state index contributed by atoms with van der Waals surface area (Å²) in [4.78, 5) is 23.8. The van der Waals surface area contributed by atoms with Crippen molar-refractivity contribution in [3.8, 4) is 0 Å². The zero-order valence-corrected chi connectivity index (χ0v) is 11.2. The van der Waals surface area contributed by atoms with Gasteiger partial charge in [0.15, 0.2) is 0 Å². The molecule has 0 amide bonds. The summed E-state index contributed by atoms with van der Waals surface area (Å²) in [6.07, 6.45) is -0.128. The van der Waals surface area contributed by atoms with Crippen LogP contribution in [0.2, 0.25) is 0 Å². The fraction of sp³-hybridized carbons (Fsp3) is 0.357. The molecule has 2 aromatic rings. The van der Waals surface area contributed by atoms with Gasteiger partial charge in [0.25, 0.3) is 0 Å². The van der Waals surface area contributed by atoms with Crippen molar-refractivity contribution in [1.29, 1.82) is 0 Å². The Bertz CT molecular complexity index is 668. The van der Waals surface area contributed by atoms with Crippen LogP contribution in [0.1, 0.15) is 26.5 Å². The largest absolute Gasteiger partial charge is 0.460 e. The number of benzene rings is 1. The minimum atomic E-state index is -0.569. The van der Waals surface area contributed by atoms with Crippen LogP contribution in [0.4, 0.5) is 0 Å². The smallest absolute Gasteiger partial charge is 0.312 e. The van der Waals surface area contributed by atoms with Gasteiger partial charge < -0.3 is 4.74 Å². The fourth-order valence-electron chi connectivity index (χ4n) is 1.75. The second-order valence-corrected chi connectivity index (χ2v) is 5.31. The van der Waals surface area contributed by atoms with E-state index in [2.05, 4.69) is 10.2 Å². The summed E-state index contributed by atoms with van der Waals surface area (Å²) in [6.45, 7) is 5.34. The number of aromatic nitrogens is 2. The minimum absolute atomic E-state index is 0.128. The van der Waals surface area contributed by atoms with Crippen molar-refractivity contribution in [1.82, 2.24) is 10.2 Å². The summed E-state index contributed by atoms with van der Waals surface area (Å²) < 4.78 is 5.18. The van der Waals surface area contributed by atoms with E-state index >= 15 is 0 Å². The van der Waals surface area contributed by atoms with Crippen molar-refractivity contribution in [3.05, 3.63) is 40.2 Å². The molecule has 0 saturated heterocycles. The summed E-state index contributed by atoms with van der Waals surface area (Å²) in [7, 11) is 0. The molecule has 0 saturated carbocycles. The first kappa shape index (κ1) is 13.3. The van der Waals surface area contributed by atoms with Gasteiger partial charge in [0, 0.05) is 5.39 Å². The molecular weight excluding hydrogens is 244 g/mol. The van der Waals surface area contributed by atoms with Gasteiger partial charge in [-0.15, -0.1) is 0 Å². The first-order chi connectivity index (χ1) is 8.87. The number of carbonyl (C=O) groups excluding carboxylic acids is 1. The Morgan fingerprint density at radius 1 is 1.32 bits per heavy atom. The molecule has 5 heteroatoms. The van der Waals surface area contributed by atoms with Crippen LogP contribution in [0.5, 0.6) is 0 Å². The topological polar surface area (TPSA) is 72.0 Å². The molecule has 100 valence electrons. The lowest BCUT2D eigenvalue weighted by Crippen LogP contribution is -2.27. The van der Waals surface area contributed by atoms with Crippen molar-refractivity contribution in [2.24, 2.45) is 0 Å². The first-order valence-corrected chi connectivity index (χ1v) is 6.05. The van der Waals surface area contributed by atoms with Gasteiger partial charge in [0.05, 0.1) is 11.9 Å². The Labute approximate surface area is 110 Å². The van der Waals surface area contributed by atoms with Gasteiger partial charge in [0.2, 0.25) is 5.43 Å². The van der Waals surface area contributed by atoms with Crippen molar-refractivity contribution in [3.63, 3.8) is 0 Å². The third-order valence-corrected chi connectivity index (χ3v) is 2.48. The molecule has 1 aromatic carbocycles. The zero-order valence-electron chi connectivity index (χ0n) is 11.2. The molecule has 0 aliphatic carbocycles. The SMILES string of the molecule is CC(C)(C)OC(=O)Cc1n[nH]c2ccccc2c1=O. The molecular formula is C14H16N2O3. The fourth-order valence-corrected chi connectivity index (χ4v) is 1.75. The van der Waals surface area contributed by atoms with Gasteiger partial charge in [-0.2, -0.15) is 5.10 Å². The maximum absolute atomic E-state index is 12.1. The number of nitrogens with zero attached hydrogens (tertiary/aromatic N) is 1. The molecule has 0 radical (unpaired) electrons. The van der Waals surface area contributed by atoms with Crippen LogP contribution in [0, 0.1) is 0 Å². The van der Waals surface area contributed by atoms with Crippen molar-refractivity contribution >= 4 is 16.9 Å². The number of esters is 1. The highest BCUT2D eigenvalue weighted by atomic mass is 16.6. The molecule has 5 nitrogen and oxygen atoms in total. The highest BCUT2D eigenvalue weighted by Gasteiger charge is 2.18. The average molecular weight is 260 g/mol. The van der Waals surface area contributed by atoms with Gasteiger partial charge in [0.1, 0.15) is 11.3 Å². The van der Waals surface area contributed by atoms with Crippen LogP contribution in [-0.4, -0.2) is 21.8 Å². The van der Waals surface area contributed by atoms with Crippen molar-refractivity contribution < 1.29 is 9.53 Å². The monoisotopic (exact) mass is 260 g/mol. The third kappa shape index (κ3) is 3.19. The summed E-state index contributed by atoms with van der Waals surface area (Å²) in [6, 6.07) is 7.05. The number of hydrogen-bond donors (Lipinski definition) is 1. The van der Waals surface area contributed by atoms with E-state index in [0.29, 0.717) is 10.9 Å². The van der Waals surface area contributed by atoms with Crippen molar-refractivity contribution in [2.75, 3.05) is 0 Å². The predicted octanol–water partition coefficient (Wildman–Crippen LogP) is 1.81. The number of aromatic amines is 1. The molecule has 0 atom stereocenters. The van der Waals surface area contributed by atoms with E-state index in [1.807, 2.05) is 6.07 Å². The van der Waals surface area contributed by atoms with E-state index in [9.17, 15) is 9.59 Å². The lowest BCUT2D eigenvalue weighted by molar-refractivity contribution is -0.154. The normalized spacial score (nSPS) is 11.5. The van der Waals surface area contributed by atoms with Crippen LogP contribution >= 0.6 is 0 Å². The van der Waals surface area contributed by atoms with Crippen LogP contribution in [0.25, 0.3) is 10.9 Å². The molecule has 0 aliphatic heterocycles. The lowest BCUT2D eigenvalue weighted by Gasteiger charge is -2.19. The lowest BCUT2D eigenvalue weighted by atomic mass is 10.1. The number of nitrogens with one attached hydrogen (secondary N) is 1.